The van der Waals surface area contributed by atoms with Crippen molar-refractivity contribution in [2.75, 3.05) is 6.61 Å². The molecule has 3 rings (SSSR count). The van der Waals surface area contributed by atoms with Gasteiger partial charge in [-0.05, 0) is 48.6 Å². The fraction of sp³-hybridized carbons (Fsp3) is 0.667. The number of para-hydroxylation sites is 1. The van der Waals surface area contributed by atoms with E-state index in [-0.39, 0.29) is 5.54 Å². The quantitative estimate of drug-likeness (QED) is 0.880. The van der Waals surface area contributed by atoms with Crippen LogP contribution in [0, 0.1) is 11.8 Å². The van der Waals surface area contributed by atoms with Gasteiger partial charge in [0.1, 0.15) is 5.75 Å². The molecule has 1 aliphatic heterocycles. The average molecular weight is 273 g/mol. The number of rotatable bonds is 2. The van der Waals surface area contributed by atoms with Gasteiger partial charge in [-0.3, -0.25) is 0 Å². The highest BCUT2D eigenvalue weighted by atomic mass is 16.5. The summed E-state index contributed by atoms with van der Waals surface area (Å²) >= 11 is 0. The van der Waals surface area contributed by atoms with Crippen LogP contribution in [0.4, 0.5) is 0 Å². The molecule has 2 N–H and O–H groups in total. The Bertz CT molecular complexity index is 472. The number of ether oxygens (including phenoxy) is 1. The first-order valence-electron chi connectivity index (χ1n) is 8.11. The molecule has 4 unspecified atom stereocenters. The van der Waals surface area contributed by atoms with Gasteiger partial charge < -0.3 is 10.5 Å². The van der Waals surface area contributed by atoms with E-state index in [0.29, 0.717) is 11.8 Å². The highest BCUT2D eigenvalue weighted by Crippen LogP contribution is 2.45. The smallest absolute Gasteiger partial charge is 0.122 e. The Morgan fingerprint density at radius 2 is 2.05 bits per heavy atom. The van der Waals surface area contributed by atoms with Crippen molar-refractivity contribution >= 4 is 0 Å². The van der Waals surface area contributed by atoms with Crippen LogP contribution in [0.15, 0.2) is 24.3 Å². The third-order valence-corrected chi connectivity index (χ3v) is 5.77. The van der Waals surface area contributed by atoms with Crippen molar-refractivity contribution in [1.82, 2.24) is 0 Å². The molecule has 2 aliphatic rings. The molecule has 0 bridgehead atoms. The molecule has 1 heterocycles. The highest BCUT2D eigenvalue weighted by Gasteiger charge is 2.40. The predicted molar refractivity (Wildman–Crippen MR) is 83.0 cm³/mol. The molecular weight excluding hydrogens is 246 g/mol. The molecule has 4 atom stereocenters. The first-order chi connectivity index (χ1) is 9.60. The maximum atomic E-state index is 6.84. The van der Waals surface area contributed by atoms with Gasteiger partial charge in [-0.2, -0.15) is 0 Å². The minimum Gasteiger partial charge on any atom is -0.493 e. The van der Waals surface area contributed by atoms with Crippen molar-refractivity contribution < 1.29 is 4.74 Å². The van der Waals surface area contributed by atoms with Gasteiger partial charge in [0, 0.05) is 5.54 Å². The number of hydrogen-bond acceptors (Lipinski definition) is 2. The van der Waals surface area contributed by atoms with E-state index in [4.69, 9.17) is 10.5 Å². The Hall–Kier alpha value is -1.02. The maximum Gasteiger partial charge on any atom is 0.122 e. The SMILES string of the molecule is CC1CCCC(N)(CC2CCOc3ccccc32)C1C. The van der Waals surface area contributed by atoms with Gasteiger partial charge in [0.15, 0.2) is 0 Å². The number of nitrogens with two attached hydrogens (primary N) is 1. The van der Waals surface area contributed by atoms with Crippen molar-refractivity contribution in [1.29, 1.82) is 0 Å². The van der Waals surface area contributed by atoms with Crippen molar-refractivity contribution in [2.45, 2.75) is 57.4 Å². The van der Waals surface area contributed by atoms with Crippen molar-refractivity contribution in [2.24, 2.45) is 17.6 Å². The molecule has 0 saturated heterocycles. The van der Waals surface area contributed by atoms with Gasteiger partial charge in [-0.25, -0.2) is 0 Å². The monoisotopic (exact) mass is 273 g/mol. The second-order valence-electron chi connectivity index (χ2n) is 6.97. The maximum absolute atomic E-state index is 6.84. The summed E-state index contributed by atoms with van der Waals surface area (Å²) in [6, 6.07) is 8.50. The van der Waals surface area contributed by atoms with Crippen molar-refractivity contribution in [3.05, 3.63) is 29.8 Å². The van der Waals surface area contributed by atoms with E-state index in [9.17, 15) is 0 Å². The molecule has 1 aliphatic carbocycles. The summed E-state index contributed by atoms with van der Waals surface area (Å²) in [5, 5.41) is 0. The summed E-state index contributed by atoms with van der Waals surface area (Å²) in [5.74, 6) is 3.01. The molecule has 20 heavy (non-hydrogen) atoms. The van der Waals surface area contributed by atoms with Gasteiger partial charge in [-0.15, -0.1) is 0 Å². The molecule has 110 valence electrons. The standard InChI is InChI=1S/C18H27NO/c1-13-6-5-10-18(19,14(13)2)12-15-9-11-20-17-8-4-3-7-16(15)17/h3-4,7-8,13-15H,5-6,9-12,19H2,1-2H3. The third kappa shape index (κ3) is 2.46. The topological polar surface area (TPSA) is 35.2 Å². The highest BCUT2D eigenvalue weighted by molar-refractivity contribution is 5.38. The summed E-state index contributed by atoms with van der Waals surface area (Å²) in [7, 11) is 0. The predicted octanol–water partition coefficient (Wildman–Crippen LogP) is 4.10. The summed E-state index contributed by atoms with van der Waals surface area (Å²) in [6.07, 6.45) is 6.02. The third-order valence-electron chi connectivity index (χ3n) is 5.77. The van der Waals surface area contributed by atoms with E-state index in [1.807, 2.05) is 0 Å². The van der Waals surface area contributed by atoms with Crippen LogP contribution >= 0.6 is 0 Å². The second kappa shape index (κ2) is 5.40. The summed E-state index contributed by atoms with van der Waals surface area (Å²) in [4.78, 5) is 0. The Balaban J connectivity index is 1.81. The molecule has 0 radical (unpaired) electrons. The minimum absolute atomic E-state index is 0.00673. The normalized spacial score (nSPS) is 37.0. The molecule has 0 spiro atoms. The Morgan fingerprint density at radius 3 is 2.90 bits per heavy atom. The lowest BCUT2D eigenvalue weighted by molar-refractivity contribution is 0.118. The molecule has 1 saturated carbocycles. The Morgan fingerprint density at radius 1 is 1.25 bits per heavy atom. The zero-order chi connectivity index (χ0) is 14.2. The molecule has 2 nitrogen and oxygen atoms in total. The van der Waals surface area contributed by atoms with E-state index in [0.717, 1.165) is 31.1 Å². The van der Waals surface area contributed by atoms with Gasteiger partial charge in [0.2, 0.25) is 0 Å². The van der Waals surface area contributed by atoms with Crippen LogP contribution in [-0.4, -0.2) is 12.1 Å². The van der Waals surface area contributed by atoms with Gasteiger partial charge in [0.25, 0.3) is 0 Å². The van der Waals surface area contributed by atoms with Crippen molar-refractivity contribution in [3.8, 4) is 5.75 Å². The van der Waals surface area contributed by atoms with Crippen LogP contribution in [0.5, 0.6) is 5.75 Å². The van der Waals surface area contributed by atoms with Gasteiger partial charge in [-0.1, -0.05) is 44.9 Å². The Labute approximate surface area is 122 Å². The second-order valence-corrected chi connectivity index (χ2v) is 6.97. The molecule has 0 aromatic heterocycles. The van der Waals surface area contributed by atoms with E-state index < -0.39 is 0 Å². The van der Waals surface area contributed by atoms with Gasteiger partial charge >= 0.3 is 0 Å². The van der Waals surface area contributed by atoms with E-state index in [2.05, 4.69) is 38.1 Å². The zero-order valence-electron chi connectivity index (χ0n) is 12.8. The van der Waals surface area contributed by atoms with Crippen LogP contribution in [0.2, 0.25) is 0 Å². The summed E-state index contributed by atoms with van der Waals surface area (Å²) < 4.78 is 5.78. The van der Waals surface area contributed by atoms with Crippen LogP contribution in [0.3, 0.4) is 0 Å². The largest absolute Gasteiger partial charge is 0.493 e. The average Bonchev–Trinajstić information content (AvgIpc) is 2.45. The van der Waals surface area contributed by atoms with E-state index >= 15 is 0 Å². The molecule has 1 fully saturated rings. The lowest BCUT2D eigenvalue weighted by atomic mass is 9.64. The molecule has 0 amide bonds. The number of hydrogen-bond donors (Lipinski definition) is 1. The number of fused-ring (bicyclic) bond motifs is 1. The minimum atomic E-state index is 0.00673. The van der Waals surface area contributed by atoms with Crippen LogP contribution in [0.25, 0.3) is 0 Å². The first kappa shape index (κ1) is 13.9. The Kier molecular flexibility index (Phi) is 3.76. The lowest BCUT2D eigenvalue weighted by Crippen LogP contribution is -2.52. The lowest BCUT2D eigenvalue weighted by Gasteiger charge is -2.45. The zero-order valence-corrected chi connectivity index (χ0v) is 12.8. The molecule has 1 aromatic rings. The van der Waals surface area contributed by atoms with Crippen LogP contribution < -0.4 is 10.5 Å². The molecule has 2 heteroatoms. The van der Waals surface area contributed by atoms with Crippen LogP contribution in [-0.2, 0) is 0 Å². The van der Waals surface area contributed by atoms with E-state index in [1.165, 1.54) is 24.8 Å². The number of benzene rings is 1. The summed E-state index contributed by atoms with van der Waals surface area (Å²) in [5.41, 5.74) is 8.22. The van der Waals surface area contributed by atoms with Gasteiger partial charge in [0.05, 0.1) is 6.61 Å². The molecular formula is C18H27NO. The van der Waals surface area contributed by atoms with Crippen LogP contribution in [0.1, 0.15) is 57.4 Å². The van der Waals surface area contributed by atoms with E-state index in [1.54, 1.807) is 0 Å². The fourth-order valence-electron chi connectivity index (χ4n) is 4.17. The summed E-state index contributed by atoms with van der Waals surface area (Å²) in [6.45, 7) is 5.56. The fourth-order valence-corrected chi connectivity index (χ4v) is 4.17. The van der Waals surface area contributed by atoms with Crippen molar-refractivity contribution in [3.63, 3.8) is 0 Å². The first-order valence-corrected chi connectivity index (χ1v) is 8.11. The molecule has 1 aromatic carbocycles.